The lowest BCUT2D eigenvalue weighted by Crippen LogP contribution is -2.36. The van der Waals surface area contributed by atoms with E-state index >= 15 is 0 Å². The first-order valence-electron chi connectivity index (χ1n) is 8.82. The van der Waals surface area contributed by atoms with Crippen LogP contribution in [0.1, 0.15) is 44.7 Å². The molecule has 0 fully saturated rings. The zero-order valence-corrected chi connectivity index (χ0v) is 14.7. The SMILES string of the molecule is CN(C)c1ccc(C(=O)c2cc3c4c(c2)C(=O)CCN4CCC3)cc1. The smallest absolute Gasteiger partial charge is 0.193 e. The Bertz CT molecular complexity index is 853. The summed E-state index contributed by atoms with van der Waals surface area (Å²) in [6, 6.07) is 11.4. The summed E-state index contributed by atoms with van der Waals surface area (Å²) < 4.78 is 0. The average Bonchev–Trinajstić information content (AvgIpc) is 2.64. The molecule has 0 atom stereocenters. The number of benzene rings is 2. The van der Waals surface area contributed by atoms with Crippen LogP contribution in [0.5, 0.6) is 0 Å². The second kappa shape index (κ2) is 6.03. The molecule has 2 aliphatic rings. The van der Waals surface area contributed by atoms with E-state index in [0.717, 1.165) is 48.4 Å². The Balaban J connectivity index is 1.74. The summed E-state index contributed by atoms with van der Waals surface area (Å²) in [7, 11) is 3.95. The second-order valence-corrected chi connectivity index (χ2v) is 7.07. The average molecular weight is 334 g/mol. The van der Waals surface area contributed by atoms with E-state index in [1.54, 1.807) is 6.07 Å². The van der Waals surface area contributed by atoms with Gasteiger partial charge >= 0.3 is 0 Å². The lowest BCUT2D eigenvalue weighted by atomic mass is 9.87. The maximum atomic E-state index is 12.9. The number of hydrogen-bond acceptors (Lipinski definition) is 4. The third kappa shape index (κ3) is 2.72. The van der Waals surface area contributed by atoms with Crippen LogP contribution in [0.4, 0.5) is 11.4 Å². The highest BCUT2D eigenvalue weighted by Crippen LogP contribution is 2.36. The molecule has 4 heteroatoms. The molecule has 0 N–H and O–H groups in total. The second-order valence-electron chi connectivity index (χ2n) is 7.07. The Morgan fingerprint density at radius 2 is 1.76 bits per heavy atom. The van der Waals surface area contributed by atoms with Gasteiger partial charge in [0.2, 0.25) is 0 Å². The third-order valence-corrected chi connectivity index (χ3v) is 5.20. The quantitative estimate of drug-likeness (QED) is 0.808. The molecule has 25 heavy (non-hydrogen) atoms. The van der Waals surface area contributed by atoms with Crippen molar-refractivity contribution in [3.05, 3.63) is 58.7 Å². The van der Waals surface area contributed by atoms with Crippen molar-refractivity contribution in [3.8, 4) is 0 Å². The molecular weight excluding hydrogens is 312 g/mol. The maximum absolute atomic E-state index is 12.9. The Kier molecular flexibility index (Phi) is 3.83. The van der Waals surface area contributed by atoms with Gasteiger partial charge in [0, 0.05) is 56.0 Å². The van der Waals surface area contributed by atoms with Gasteiger partial charge < -0.3 is 9.80 Å². The molecule has 2 heterocycles. The third-order valence-electron chi connectivity index (χ3n) is 5.20. The van der Waals surface area contributed by atoms with Crippen molar-refractivity contribution in [1.29, 1.82) is 0 Å². The molecule has 0 spiro atoms. The predicted octanol–water partition coefficient (Wildman–Crippen LogP) is 3.32. The highest BCUT2D eigenvalue weighted by atomic mass is 16.1. The zero-order valence-electron chi connectivity index (χ0n) is 14.7. The lowest BCUT2D eigenvalue weighted by molar-refractivity contribution is 0.0979. The van der Waals surface area contributed by atoms with Crippen molar-refractivity contribution in [2.24, 2.45) is 0 Å². The van der Waals surface area contributed by atoms with E-state index in [0.29, 0.717) is 17.5 Å². The fraction of sp³-hybridized carbons (Fsp3) is 0.333. The molecule has 4 rings (SSSR count). The van der Waals surface area contributed by atoms with Gasteiger partial charge in [0.15, 0.2) is 11.6 Å². The Morgan fingerprint density at radius 3 is 2.48 bits per heavy atom. The van der Waals surface area contributed by atoms with Gasteiger partial charge in [0.05, 0.1) is 5.69 Å². The van der Waals surface area contributed by atoms with Crippen LogP contribution in [0, 0.1) is 0 Å². The minimum absolute atomic E-state index is 0.0140. The Hall–Kier alpha value is -2.62. The van der Waals surface area contributed by atoms with E-state index < -0.39 is 0 Å². The monoisotopic (exact) mass is 334 g/mol. The molecule has 4 nitrogen and oxygen atoms in total. The summed E-state index contributed by atoms with van der Waals surface area (Å²) >= 11 is 0. The maximum Gasteiger partial charge on any atom is 0.193 e. The van der Waals surface area contributed by atoms with Crippen molar-refractivity contribution >= 4 is 22.9 Å². The normalized spacial score (nSPS) is 15.8. The molecular formula is C21H22N2O2. The molecule has 0 amide bonds. The van der Waals surface area contributed by atoms with Gasteiger partial charge in [0.25, 0.3) is 0 Å². The Labute approximate surface area is 148 Å². The summed E-state index contributed by atoms with van der Waals surface area (Å²) in [5, 5.41) is 0. The predicted molar refractivity (Wildman–Crippen MR) is 100 cm³/mol. The highest BCUT2D eigenvalue weighted by Gasteiger charge is 2.29. The fourth-order valence-corrected chi connectivity index (χ4v) is 3.85. The van der Waals surface area contributed by atoms with Crippen molar-refractivity contribution in [2.45, 2.75) is 19.3 Å². The van der Waals surface area contributed by atoms with Crippen LogP contribution in [-0.2, 0) is 6.42 Å². The van der Waals surface area contributed by atoms with Crippen LogP contribution < -0.4 is 9.80 Å². The van der Waals surface area contributed by atoms with Crippen LogP contribution in [-0.4, -0.2) is 38.8 Å². The standard InChI is InChI=1S/C21H22N2O2/c1-22(2)17-7-5-14(6-8-17)21(25)16-12-15-4-3-10-23-11-9-19(24)18(13-16)20(15)23/h5-8,12-13H,3-4,9-11H2,1-2H3. The van der Waals surface area contributed by atoms with Gasteiger partial charge in [0.1, 0.15) is 0 Å². The molecule has 2 aromatic carbocycles. The number of nitrogens with zero attached hydrogens (tertiary/aromatic N) is 2. The molecule has 128 valence electrons. The molecule has 0 saturated heterocycles. The van der Waals surface area contributed by atoms with Crippen molar-refractivity contribution in [3.63, 3.8) is 0 Å². The number of ketones is 2. The molecule has 0 saturated carbocycles. The number of carbonyl (C=O) groups is 2. The van der Waals surface area contributed by atoms with Gasteiger partial charge in [-0.1, -0.05) is 0 Å². The lowest BCUT2D eigenvalue weighted by Gasteiger charge is -2.36. The van der Waals surface area contributed by atoms with E-state index in [-0.39, 0.29) is 11.6 Å². The van der Waals surface area contributed by atoms with E-state index in [1.807, 2.05) is 49.3 Å². The fourth-order valence-electron chi connectivity index (χ4n) is 3.85. The number of carbonyl (C=O) groups excluding carboxylic acids is 2. The molecule has 0 aromatic heterocycles. The topological polar surface area (TPSA) is 40.6 Å². The van der Waals surface area contributed by atoms with Crippen molar-refractivity contribution in [2.75, 3.05) is 37.0 Å². The van der Waals surface area contributed by atoms with E-state index in [4.69, 9.17) is 0 Å². The minimum atomic E-state index is -0.0140. The summed E-state index contributed by atoms with van der Waals surface area (Å²) in [4.78, 5) is 29.7. The van der Waals surface area contributed by atoms with E-state index in [9.17, 15) is 9.59 Å². The first-order valence-corrected chi connectivity index (χ1v) is 8.82. The van der Waals surface area contributed by atoms with E-state index in [1.165, 1.54) is 0 Å². The number of anilines is 2. The highest BCUT2D eigenvalue weighted by molar-refractivity contribution is 6.12. The molecule has 0 aliphatic carbocycles. The van der Waals surface area contributed by atoms with Crippen LogP contribution in [0.15, 0.2) is 36.4 Å². The van der Waals surface area contributed by atoms with Crippen molar-refractivity contribution in [1.82, 2.24) is 0 Å². The Morgan fingerprint density at radius 1 is 1.00 bits per heavy atom. The number of hydrogen-bond donors (Lipinski definition) is 0. The van der Waals surface area contributed by atoms with Gasteiger partial charge in [-0.25, -0.2) is 0 Å². The van der Waals surface area contributed by atoms with Crippen LogP contribution in [0.25, 0.3) is 0 Å². The van der Waals surface area contributed by atoms with Gasteiger partial charge in [-0.2, -0.15) is 0 Å². The molecule has 0 unspecified atom stereocenters. The summed E-state index contributed by atoms with van der Waals surface area (Å²) in [6.45, 7) is 1.81. The summed E-state index contributed by atoms with van der Waals surface area (Å²) in [5.74, 6) is 0.145. The largest absolute Gasteiger partial charge is 0.378 e. The number of Topliss-reactive ketones (excluding diaryl/α,β-unsaturated/α-hetero) is 1. The van der Waals surface area contributed by atoms with Gasteiger partial charge in [-0.3, -0.25) is 9.59 Å². The summed E-state index contributed by atoms with van der Waals surface area (Å²) in [6.07, 6.45) is 2.56. The molecule has 2 aliphatic heterocycles. The zero-order chi connectivity index (χ0) is 17.6. The van der Waals surface area contributed by atoms with Crippen LogP contribution in [0.3, 0.4) is 0 Å². The first kappa shape index (κ1) is 15.9. The molecule has 2 aromatic rings. The summed E-state index contributed by atoms with van der Waals surface area (Å²) in [5.41, 5.74) is 5.30. The van der Waals surface area contributed by atoms with Crippen LogP contribution >= 0.6 is 0 Å². The molecule has 0 bridgehead atoms. The van der Waals surface area contributed by atoms with Gasteiger partial charge in [-0.05, 0) is 54.8 Å². The van der Waals surface area contributed by atoms with Crippen LogP contribution in [0.2, 0.25) is 0 Å². The van der Waals surface area contributed by atoms with Gasteiger partial charge in [-0.15, -0.1) is 0 Å². The number of aryl methyl sites for hydroxylation is 1. The van der Waals surface area contributed by atoms with E-state index in [2.05, 4.69) is 4.90 Å². The number of rotatable bonds is 3. The minimum Gasteiger partial charge on any atom is -0.378 e. The van der Waals surface area contributed by atoms with Crippen molar-refractivity contribution < 1.29 is 9.59 Å². The first-order chi connectivity index (χ1) is 12.0. The molecule has 0 radical (unpaired) electrons.